The molecule has 4 heteroatoms. The van der Waals surface area contributed by atoms with Crippen LogP contribution in [0.3, 0.4) is 0 Å². The van der Waals surface area contributed by atoms with Gasteiger partial charge in [-0.05, 0) is 49.2 Å². The number of nitrogens with zero attached hydrogens (tertiary/aromatic N) is 3. The van der Waals surface area contributed by atoms with Crippen LogP contribution in [-0.2, 0) is 0 Å². The lowest BCUT2D eigenvalue weighted by atomic mass is 10.1. The highest BCUT2D eigenvalue weighted by Gasteiger charge is 2.13. The van der Waals surface area contributed by atoms with E-state index in [9.17, 15) is 0 Å². The predicted molar refractivity (Wildman–Crippen MR) is 79.7 cm³/mol. The predicted octanol–water partition coefficient (Wildman–Crippen LogP) is 3.10. The molecule has 0 aliphatic rings. The molecule has 0 saturated carbocycles. The van der Waals surface area contributed by atoms with Crippen LogP contribution in [0, 0.1) is 25.2 Å². The van der Waals surface area contributed by atoms with Crippen molar-refractivity contribution in [1.29, 1.82) is 5.26 Å². The number of fused-ring (bicyclic) bond motifs is 1. The first-order valence-corrected chi connectivity index (χ1v) is 6.36. The molecule has 0 unspecified atom stereocenters. The van der Waals surface area contributed by atoms with E-state index >= 15 is 0 Å². The Hall–Kier alpha value is -2.80. The molecule has 1 aromatic heterocycles. The number of nitrogen functional groups attached to an aromatic ring is 1. The van der Waals surface area contributed by atoms with Crippen molar-refractivity contribution in [3.8, 4) is 11.8 Å². The fourth-order valence-electron chi connectivity index (χ4n) is 2.39. The second-order valence-electron chi connectivity index (χ2n) is 4.84. The summed E-state index contributed by atoms with van der Waals surface area (Å²) in [6, 6.07) is 13.6. The number of rotatable bonds is 1. The highest BCUT2D eigenvalue weighted by atomic mass is 15.2. The zero-order valence-corrected chi connectivity index (χ0v) is 11.4. The average molecular weight is 262 g/mol. The second-order valence-corrected chi connectivity index (χ2v) is 4.84. The van der Waals surface area contributed by atoms with E-state index in [1.807, 2.05) is 28.8 Å². The monoisotopic (exact) mass is 262 g/mol. The zero-order chi connectivity index (χ0) is 14.3. The van der Waals surface area contributed by atoms with E-state index in [4.69, 9.17) is 11.0 Å². The van der Waals surface area contributed by atoms with E-state index in [1.54, 1.807) is 6.07 Å². The lowest BCUT2D eigenvalue weighted by Gasteiger charge is -2.12. The van der Waals surface area contributed by atoms with Crippen molar-refractivity contribution in [2.75, 3.05) is 5.73 Å². The number of benzene rings is 2. The maximum atomic E-state index is 9.05. The van der Waals surface area contributed by atoms with Crippen molar-refractivity contribution in [2.45, 2.75) is 13.8 Å². The normalized spacial score (nSPS) is 10.7. The Kier molecular flexibility index (Phi) is 2.69. The third-order valence-corrected chi connectivity index (χ3v) is 3.63. The number of nitrogens with two attached hydrogens (primary N) is 1. The van der Waals surface area contributed by atoms with Crippen LogP contribution in [0.2, 0.25) is 0 Å². The van der Waals surface area contributed by atoms with Gasteiger partial charge in [0.1, 0.15) is 0 Å². The van der Waals surface area contributed by atoms with Crippen LogP contribution in [-0.4, -0.2) is 9.55 Å². The molecule has 2 aromatic carbocycles. The number of hydrogen-bond acceptors (Lipinski definition) is 3. The molecular formula is C16H14N4. The van der Waals surface area contributed by atoms with Gasteiger partial charge in [0.2, 0.25) is 5.95 Å². The molecule has 0 bridgehead atoms. The summed E-state index contributed by atoms with van der Waals surface area (Å²) in [5, 5.41) is 9.05. The minimum Gasteiger partial charge on any atom is -0.369 e. The lowest BCUT2D eigenvalue weighted by molar-refractivity contribution is 1.08. The molecular weight excluding hydrogens is 248 g/mol. The Morgan fingerprint density at radius 1 is 1.20 bits per heavy atom. The Bertz CT molecular complexity index is 853. The zero-order valence-electron chi connectivity index (χ0n) is 11.4. The summed E-state index contributed by atoms with van der Waals surface area (Å²) >= 11 is 0. The van der Waals surface area contributed by atoms with Crippen LogP contribution in [0.25, 0.3) is 16.7 Å². The summed E-state index contributed by atoms with van der Waals surface area (Å²) in [5.41, 5.74) is 11.7. The molecule has 4 nitrogen and oxygen atoms in total. The summed E-state index contributed by atoms with van der Waals surface area (Å²) in [6.45, 7) is 4.12. The van der Waals surface area contributed by atoms with Gasteiger partial charge in [0, 0.05) is 0 Å². The Morgan fingerprint density at radius 2 is 2.00 bits per heavy atom. The largest absolute Gasteiger partial charge is 0.369 e. The number of nitriles is 1. The SMILES string of the molecule is Cc1cccc(-n2c(N)nc3ccc(C#N)cc32)c1C. The summed E-state index contributed by atoms with van der Waals surface area (Å²) in [4.78, 5) is 4.37. The maximum Gasteiger partial charge on any atom is 0.205 e. The minimum absolute atomic E-state index is 0.434. The van der Waals surface area contributed by atoms with Gasteiger partial charge in [-0.25, -0.2) is 4.98 Å². The van der Waals surface area contributed by atoms with Crippen LogP contribution in [0.5, 0.6) is 0 Å². The first kappa shape index (κ1) is 12.2. The van der Waals surface area contributed by atoms with Gasteiger partial charge in [-0.3, -0.25) is 4.57 Å². The first-order valence-electron chi connectivity index (χ1n) is 6.36. The van der Waals surface area contributed by atoms with Crippen LogP contribution in [0.15, 0.2) is 36.4 Å². The molecule has 0 radical (unpaired) electrons. The molecule has 20 heavy (non-hydrogen) atoms. The van der Waals surface area contributed by atoms with Crippen LogP contribution >= 0.6 is 0 Å². The third-order valence-electron chi connectivity index (χ3n) is 3.63. The summed E-state index contributed by atoms with van der Waals surface area (Å²) in [5.74, 6) is 0.434. The quantitative estimate of drug-likeness (QED) is 0.732. The van der Waals surface area contributed by atoms with Gasteiger partial charge in [-0.1, -0.05) is 12.1 Å². The molecule has 0 aliphatic heterocycles. The van der Waals surface area contributed by atoms with E-state index in [0.717, 1.165) is 22.3 Å². The maximum absolute atomic E-state index is 9.05. The van der Waals surface area contributed by atoms with E-state index in [1.165, 1.54) is 5.56 Å². The number of aryl methyl sites for hydroxylation is 1. The topological polar surface area (TPSA) is 67.6 Å². The minimum atomic E-state index is 0.434. The molecule has 2 N–H and O–H groups in total. The molecule has 1 heterocycles. The summed E-state index contributed by atoms with van der Waals surface area (Å²) in [6.07, 6.45) is 0. The van der Waals surface area contributed by atoms with Gasteiger partial charge in [0.05, 0.1) is 28.4 Å². The first-order chi connectivity index (χ1) is 9.61. The fourth-order valence-corrected chi connectivity index (χ4v) is 2.39. The van der Waals surface area contributed by atoms with E-state index in [-0.39, 0.29) is 0 Å². The summed E-state index contributed by atoms with van der Waals surface area (Å²) in [7, 11) is 0. The second kappa shape index (κ2) is 4.39. The van der Waals surface area contributed by atoms with Crippen LogP contribution in [0.1, 0.15) is 16.7 Å². The fraction of sp³-hybridized carbons (Fsp3) is 0.125. The Balaban J connectivity index is 2.38. The molecule has 3 aromatic rings. The van der Waals surface area contributed by atoms with Gasteiger partial charge in [0.25, 0.3) is 0 Å². The number of imidazole rings is 1. The molecule has 0 atom stereocenters. The van der Waals surface area contributed by atoms with Gasteiger partial charge >= 0.3 is 0 Å². The van der Waals surface area contributed by atoms with Gasteiger partial charge in [-0.15, -0.1) is 0 Å². The molecule has 3 rings (SSSR count). The van der Waals surface area contributed by atoms with Crippen molar-refractivity contribution in [1.82, 2.24) is 9.55 Å². The average Bonchev–Trinajstić information content (AvgIpc) is 2.77. The molecule has 0 amide bonds. The summed E-state index contributed by atoms with van der Waals surface area (Å²) < 4.78 is 1.90. The van der Waals surface area contributed by atoms with Crippen molar-refractivity contribution >= 4 is 17.0 Å². The van der Waals surface area contributed by atoms with Crippen molar-refractivity contribution in [2.24, 2.45) is 0 Å². The van der Waals surface area contributed by atoms with Gasteiger partial charge < -0.3 is 5.73 Å². The highest BCUT2D eigenvalue weighted by Crippen LogP contribution is 2.27. The van der Waals surface area contributed by atoms with Crippen molar-refractivity contribution < 1.29 is 0 Å². The Morgan fingerprint density at radius 3 is 2.75 bits per heavy atom. The molecule has 0 saturated heterocycles. The van der Waals surface area contributed by atoms with E-state index in [0.29, 0.717) is 11.5 Å². The third kappa shape index (κ3) is 1.72. The van der Waals surface area contributed by atoms with Crippen molar-refractivity contribution in [3.63, 3.8) is 0 Å². The number of hydrogen-bond donors (Lipinski definition) is 1. The standard InChI is InChI=1S/C16H14N4/c1-10-4-3-5-14(11(10)2)20-15-8-12(9-17)6-7-13(15)19-16(20)18/h3-8H,1-2H3,(H2,18,19). The van der Waals surface area contributed by atoms with Crippen molar-refractivity contribution in [3.05, 3.63) is 53.1 Å². The molecule has 98 valence electrons. The Labute approximate surface area is 117 Å². The van der Waals surface area contributed by atoms with Gasteiger partial charge in [0.15, 0.2) is 0 Å². The van der Waals surface area contributed by atoms with Crippen LogP contribution < -0.4 is 5.73 Å². The van der Waals surface area contributed by atoms with E-state index in [2.05, 4.69) is 31.0 Å². The molecule has 0 spiro atoms. The number of aromatic nitrogens is 2. The highest BCUT2D eigenvalue weighted by molar-refractivity contribution is 5.82. The molecule has 0 aliphatic carbocycles. The van der Waals surface area contributed by atoms with Gasteiger partial charge in [-0.2, -0.15) is 5.26 Å². The lowest BCUT2D eigenvalue weighted by Crippen LogP contribution is -2.03. The number of anilines is 1. The van der Waals surface area contributed by atoms with E-state index < -0.39 is 0 Å². The molecule has 0 fully saturated rings. The smallest absolute Gasteiger partial charge is 0.205 e. The van der Waals surface area contributed by atoms with Crippen LogP contribution in [0.4, 0.5) is 5.95 Å².